The number of hydrogen-bond acceptors (Lipinski definition) is 1. The fourth-order valence-corrected chi connectivity index (χ4v) is 1.92. The highest BCUT2D eigenvalue weighted by Gasteiger charge is 2.12. The molecule has 0 radical (unpaired) electrons. The fourth-order valence-electron chi connectivity index (χ4n) is 1.69. The van der Waals surface area contributed by atoms with Crippen molar-refractivity contribution >= 4 is 17.4 Å². The Morgan fingerprint density at radius 3 is 2.50 bits per heavy atom. The van der Waals surface area contributed by atoms with Gasteiger partial charge >= 0.3 is 0 Å². The predicted octanol–water partition coefficient (Wildman–Crippen LogP) is 4.49. The van der Waals surface area contributed by atoms with Gasteiger partial charge in [0.25, 0.3) is 0 Å². The highest BCUT2D eigenvalue weighted by molar-refractivity contribution is 6.33. The van der Waals surface area contributed by atoms with Gasteiger partial charge in [-0.05, 0) is 30.7 Å². The van der Waals surface area contributed by atoms with E-state index in [1.807, 2.05) is 0 Å². The molecule has 0 aliphatic carbocycles. The molecular formula is C14H9ClF2O. The van der Waals surface area contributed by atoms with Crippen LogP contribution in [0.2, 0.25) is 5.02 Å². The smallest absolute Gasteiger partial charge is 0.162 e. The van der Waals surface area contributed by atoms with Crippen LogP contribution in [0.4, 0.5) is 8.78 Å². The van der Waals surface area contributed by atoms with Crippen molar-refractivity contribution in [3.05, 3.63) is 58.6 Å². The second kappa shape index (κ2) is 4.86. The van der Waals surface area contributed by atoms with Crippen molar-refractivity contribution in [3.8, 4) is 11.1 Å². The third-order valence-electron chi connectivity index (χ3n) is 2.61. The maximum Gasteiger partial charge on any atom is 0.162 e. The molecule has 1 nitrogen and oxygen atoms in total. The molecule has 0 N–H and O–H groups in total. The van der Waals surface area contributed by atoms with Gasteiger partial charge in [0.15, 0.2) is 5.78 Å². The number of rotatable bonds is 2. The summed E-state index contributed by atoms with van der Waals surface area (Å²) in [6.45, 7) is 1.27. The van der Waals surface area contributed by atoms with Gasteiger partial charge in [-0.2, -0.15) is 0 Å². The summed E-state index contributed by atoms with van der Waals surface area (Å²) >= 11 is 5.85. The van der Waals surface area contributed by atoms with E-state index < -0.39 is 11.6 Å². The fraction of sp³-hybridized carbons (Fsp3) is 0.0714. The summed E-state index contributed by atoms with van der Waals surface area (Å²) in [6, 6.07) is 8.37. The maximum absolute atomic E-state index is 13.4. The molecule has 0 saturated heterocycles. The molecule has 0 heterocycles. The minimum Gasteiger partial charge on any atom is -0.294 e. The van der Waals surface area contributed by atoms with Crippen LogP contribution in [0.25, 0.3) is 11.1 Å². The van der Waals surface area contributed by atoms with E-state index in [0.29, 0.717) is 11.1 Å². The van der Waals surface area contributed by atoms with Crippen molar-refractivity contribution in [2.45, 2.75) is 6.92 Å². The summed E-state index contributed by atoms with van der Waals surface area (Å²) in [6.07, 6.45) is 0. The average Bonchev–Trinajstić information content (AvgIpc) is 2.33. The van der Waals surface area contributed by atoms with Gasteiger partial charge < -0.3 is 0 Å². The van der Waals surface area contributed by atoms with Crippen molar-refractivity contribution in [1.29, 1.82) is 0 Å². The largest absolute Gasteiger partial charge is 0.294 e. The highest BCUT2D eigenvalue weighted by atomic mass is 35.5. The molecule has 0 saturated carbocycles. The molecule has 18 heavy (non-hydrogen) atoms. The van der Waals surface area contributed by atoms with Crippen LogP contribution in [-0.4, -0.2) is 5.78 Å². The summed E-state index contributed by atoms with van der Waals surface area (Å²) in [5, 5.41) is -0.0430. The molecule has 4 heteroatoms. The molecule has 0 spiro atoms. The predicted molar refractivity (Wildman–Crippen MR) is 66.8 cm³/mol. The Labute approximate surface area is 108 Å². The van der Waals surface area contributed by atoms with Gasteiger partial charge in [0.1, 0.15) is 11.6 Å². The SMILES string of the molecule is CC(=O)c1cc(-c2cccc(F)c2Cl)ccc1F. The van der Waals surface area contributed by atoms with Crippen LogP contribution in [0.5, 0.6) is 0 Å². The number of carbonyl (C=O) groups is 1. The monoisotopic (exact) mass is 266 g/mol. The van der Waals surface area contributed by atoms with Gasteiger partial charge in [0.2, 0.25) is 0 Å². The lowest BCUT2D eigenvalue weighted by molar-refractivity contribution is 0.101. The standard InChI is InChI=1S/C14H9ClF2O/c1-8(18)11-7-9(5-6-12(11)16)10-3-2-4-13(17)14(10)15/h2-7H,1H3. The molecule has 0 amide bonds. The first kappa shape index (κ1) is 12.7. The molecule has 2 rings (SSSR count). The summed E-state index contributed by atoms with van der Waals surface area (Å²) in [7, 11) is 0. The zero-order chi connectivity index (χ0) is 13.3. The van der Waals surface area contributed by atoms with Gasteiger partial charge in [0, 0.05) is 5.56 Å². The Kier molecular flexibility index (Phi) is 3.43. The highest BCUT2D eigenvalue weighted by Crippen LogP contribution is 2.30. The van der Waals surface area contributed by atoms with Crippen molar-refractivity contribution in [2.24, 2.45) is 0 Å². The zero-order valence-electron chi connectivity index (χ0n) is 9.51. The van der Waals surface area contributed by atoms with E-state index >= 15 is 0 Å². The number of benzene rings is 2. The molecule has 0 atom stereocenters. The van der Waals surface area contributed by atoms with Crippen LogP contribution in [0.15, 0.2) is 36.4 Å². The number of hydrogen-bond donors (Lipinski definition) is 0. The minimum absolute atomic E-state index is 0.0344. The van der Waals surface area contributed by atoms with Crippen molar-refractivity contribution in [2.75, 3.05) is 0 Å². The van der Waals surface area contributed by atoms with Crippen LogP contribution in [0.3, 0.4) is 0 Å². The minimum atomic E-state index is -0.598. The van der Waals surface area contributed by atoms with Crippen LogP contribution in [0, 0.1) is 11.6 Å². The first-order chi connectivity index (χ1) is 8.50. The summed E-state index contributed by atoms with van der Waals surface area (Å²) in [4.78, 5) is 11.3. The van der Waals surface area contributed by atoms with Crippen molar-refractivity contribution in [3.63, 3.8) is 0 Å². The van der Waals surface area contributed by atoms with Gasteiger partial charge in [-0.1, -0.05) is 29.8 Å². The lowest BCUT2D eigenvalue weighted by atomic mass is 10.0. The third-order valence-corrected chi connectivity index (χ3v) is 2.99. The zero-order valence-corrected chi connectivity index (χ0v) is 10.3. The van der Waals surface area contributed by atoms with E-state index in [9.17, 15) is 13.6 Å². The molecule has 0 fully saturated rings. The quantitative estimate of drug-likeness (QED) is 0.732. The van der Waals surface area contributed by atoms with Crippen LogP contribution in [0.1, 0.15) is 17.3 Å². The first-order valence-electron chi connectivity index (χ1n) is 5.25. The van der Waals surface area contributed by atoms with E-state index in [1.165, 1.54) is 37.3 Å². The average molecular weight is 267 g/mol. The second-order valence-electron chi connectivity index (χ2n) is 3.85. The Bertz CT molecular complexity index is 623. The summed E-state index contributed by atoms with van der Waals surface area (Å²) in [5.41, 5.74) is 0.901. The topological polar surface area (TPSA) is 17.1 Å². The molecular weight excluding hydrogens is 258 g/mol. The Balaban J connectivity index is 2.62. The molecule has 0 aromatic heterocycles. The van der Waals surface area contributed by atoms with Gasteiger partial charge in [-0.15, -0.1) is 0 Å². The van der Waals surface area contributed by atoms with Crippen LogP contribution in [-0.2, 0) is 0 Å². The normalized spacial score (nSPS) is 10.4. The van der Waals surface area contributed by atoms with Crippen LogP contribution < -0.4 is 0 Å². The molecule has 0 unspecified atom stereocenters. The van der Waals surface area contributed by atoms with Crippen molar-refractivity contribution < 1.29 is 13.6 Å². The van der Waals surface area contributed by atoms with E-state index in [4.69, 9.17) is 11.6 Å². The maximum atomic E-state index is 13.4. The molecule has 2 aromatic rings. The Morgan fingerprint density at radius 1 is 1.11 bits per heavy atom. The summed E-state index contributed by atoms with van der Waals surface area (Å²) in [5.74, 6) is -1.54. The number of halogens is 3. The Hall–Kier alpha value is -1.74. The van der Waals surface area contributed by atoms with E-state index in [2.05, 4.69) is 0 Å². The molecule has 92 valence electrons. The van der Waals surface area contributed by atoms with E-state index in [0.717, 1.165) is 0 Å². The van der Waals surface area contributed by atoms with Gasteiger partial charge in [-0.25, -0.2) is 8.78 Å². The van der Waals surface area contributed by atoms with Gasteiger partial charge in [0.05, 0.1) is 10.6 Å². The van der Waals surface area contributed by atoms with Crippen molar-refractivity contribution in [1.82, 2.24) is 0 Å². The Morgan fingerprint density at radius 2 is 1.83 bits per heavy atom. The van der Waals surface area contributed by atoms with E-state index in [-0.39, 0.29) is 16.4 Å². The third kappa shape index (κ3) is 2.27. The van der Waals surface area contributed by atoms with Gasteiger partial charge in [-0.3, -0.25) is 4.79 Å². The molecule has 0 bridgehead atoms. The lowest BCUT2D eigenvalue weighted by Gasteiger charge is -2.07. The first-order valence-corrected chi connectivity index (χ1v) is 5.63. The second-order valence-corrected chi connectivity index (χ2v) is 4.23. The number of Topliss-reactive ketones (excluding diaryl/α,β-unsaturated/α-hetero) is 1. The van der Waals surface area contributed by atoms with E-state index in [1.54, 1.807) is 6.07 Å². The molecule has 2 aromatic carbocycles. The summed E-state index contributed by atoms with van der Waals surface area (Å²) < 4.78 is 26.7. The molecule has 0 aliphatic rings. The number of carbonyl (C=O) groups excluding carboxylic acids is 1. The lowest BCUT2D eigenvalue weighted by Crippen LogP contribution is -1.97. The molecule has 0 aliphatic heterocycles. The van der Waals surface area contributed by atoms with Crippen LogP contribution >= 0.6 is 11.6 Å². The number of ketones is 1.